The van der Waals surface area contributed by atoms with Gasteiger partial charge in [-0.1, -0.05) is 18.2 Å². The Morgan fingerprint density at radius 1 is 1.26 bits per heavy atom. The Kier molecular flexibility index (Phi) is 6.49. The monoisotopic (exact) mass is 318 g/mol. The number of hydrogen-bond acceptors (Lipinski definition) is 3. The summed E-state index contributed by atoms with van der Waals surface area (Å²) in [7, 11) is 0. The van der Waals surface area contributed by atoms with E-state index in [-0.39, 0.29) is 0 Å². The van der Waals surface area contributed by atoms with Crippen molar-refractivity contribution in [3.05, 3.63) is 29.8 Å². The van der Waals surface area contributed by atoms with Crippen LogP contribution in [0.2, 0.25) is 0 Å². The van der Waals surface area contributed by atoms with E-state index < -0.39 is 5.60 Å². The van der Waals surface area contributed by atoms with Crippen molar-refractivity contribution >= 4 is 5.69 Å². The van der Waals surface area contributed by atoms with Crippen molar-refractivity contribution < 1.29 is 5.11 Å². The lowest BCUT2D eigenvalue weighted by Crippen LogP contribution is -2.45. The molecule has 1 heterocycles. The number of anilines is 1. The summed E-state index contributed by atoms with van der Waals surface area (Å²) >= 11 is 0. The summed E-state index contributed by atoms with van der Waals surface area (Å²) in [4.78, 5) is 2.52. The highest BCUT2D eigenvalue weighted by atomic mass is 16.3. The smallest absolute Gasteiger partial charge is 0.0591 e. The van der Waals surface area contributed by atoms with E-state index in [9.17, 15) is 5.11 Å². The van der Waals surface area contributed by atoms with Gasteiger partial charge in [-0.3, -0.25) is 0 Å². The third-order valence-electron chi connectivity index (χ3n) is 4.90. The molecular formula is C20H34N2O. The molecule has 0 saturated carbocycles. The first-order valence-electron chi connectivity index (χ1n) is 9.14. The van der Waals surface area contributed by atoms with Gasteiger partial charge in [0.15, 0.2) is 0 Å². The molecular weight excluding hydrogens is 284 g/mol. The van der Waals surface area contributed by atoms with Crippen molar-refractivity contribution in [3.63, 3.8) is 0 Å². The van der Waals surface area contributed by atoms with Crippen LogP contribution in [-0.4, -0.2) is 35.9 Å². The third-order valence-corrected chi connectivity index (χ3v) is 4.90. The highest BCUT2D eigenvalue weighted by molar-refractivity contribution is 5.53. The molecule has 1 fully saturated rings. The second-order valence-corrected chi connectivity index (χ2v) is 7.82. The van der Waals surface area contributed by atoms with E-state index in [1.54, 1.807) is 0 Å². The average molecular weight is 319 g/mol. The van der Waals surface area contributed by atoms with Gasteiger partial charge in [0.2, 0.25) is 0 Å². The fourth-order valence-electron chi connectivity index (χ4n) is 3.53. The standard InChI is InChI=1S/C20H34N2O/c1-16-8-5-6-10-19(16)22-14-11-18(12-15-22)21-17(2)9-7-13-20(3,4)23/h5-6,8,10,17-18,21,23H,7,9,11-15H2,1-4H3. The number of piperidine rings is 1. The molecule has 0 bridgehead atoms. The molecule has 23 heavy (non-hydrogen) atoms. The van der Waals surface area contributed by atoms with Crippen LogP contribution in [0.15, 0.2) is 24.3 Å². The molecule has 0 aromatic heterocycles. The van der Waals surface area contributed by atoms with E-state index in [2.05, 4.69) is 48.3 Å². The predicted octanol–water partition coefficient (Wildman–Crippen LogP) is 3.88. The lowest BCUT2D eigenvalue weighted by molar-refractivity contribution is 0.0673. The molecule has 0 spiro atoms. The fourth-order valence-corrected chi connectivity index (χ4v) is 3.53. The molecule has 2 N–H and O–H groups in total. The molecule has 130 valence electrons. The Balaban J connectivity index is 1.71. The molecule has 3 heteroatoms. The van der Waals surface area contributed by atoms with E-state index in [4.69, 9.17) is 0 Å². The minimum Gasteiger partial charge on any atom is -0.390 e. The maximum absolute atomic E-state index is 9.79. The van der Waals surface area contributed by atoms with Crippen LogP contribution < -0.4 is 10.2 Å². The second kappa shape index (κ2) is 8.16. The Morgan fingerprint density at radius 2 is 1.91 bits per heavy atom. The normalized spacial score (nSPS) is 18.2. The zero-order valence-electron chi connectivity index (χ0n) is 15.3. The van der Waals surface area contributed by atoms with Crippen molar-refractivity contribution in [3.8, 4) is 0 Å². The van der Waals surface area contributed by atoms with Crippen molar-refractivity contribution in [2.45, 2.75) is 77.5 Å². The van der Waals surface area contributed by atoms with Crippen LogP contribution in [0.3, 0.4) is 0 Å². The van der Waals surface area contributed by atoms with Gasteiger partial charge in [0.1, 0.15) is 0 Å². The molecule has 3 nitrogen and oxygen atoms in total. The van der Waals surface area contributed by atoms with Crippen molar-refractivity contribution in [1.29, 1.82) is 0 Å². The third kappa shape index (κ3) is 6.15. The summed E-state index contributed by atoms with van der Waals surface area (Å²) in [5, 5.41) is 13.6. The van der Waals surface area contributed by atoms with Crippen LogP contribution in [0.1, 0.15) is 58.4 Å². The Morgan fingerprint density at radius 3 is 2.52 bits per heavy atom. The quantitative estimate of drug-likeness (QED) is 0.801. The van der Waals surface area contributed by atoms with E-state index >= 15 is 0 Å². The highest BCUT2D eigenvalue weighted by Crippen LogP contribution is 2.24. The lowest BCUT2D eigenvalue weighted by atomic mass is 9.98. The molecule has 1 unspecified atom stereocenters. The van der Waals surface area contributed by atoms with Crippen LogP contribution in [0.4, 0.5) is 5.69 Å². The molecule has 1 aliphatic heterocycles. The average Bonchev–Trinajstić information content (AvgIpc) is 2.47. The van der Waals surface area contributed by atoms with Crippen molar-refractivity contribution in [2.24, 2.45) is 0 Å². The van der Waals surface area contributed by atoms with E-state index in [1.807, 2.05) is 13.8 Å². The topological polar surface area (TPSA) is 35.5 Å². The first kappa shape index (κ1) is 18.3. The number of benzene rings is 1. The van der Waals surface area contributed by atoms with Crippen LogP contribution >= 0.6 is 0 Å². The molecule has 0 radical (unpaired) electrons. The van der Waals surface area contributed by atoms with E-state index in [0.717, 1.165) is 32.4 Å². The van der Waals surface area contributed by atoms with Gasteiger partial charge in [0, 0.05) is 30.9 Å². The summed E-state index contributed by atoms with van der Waals surface area (Å²) in [5.41, 5.74) is 2.24. The number of nitrogens with one attached hydrogen (secondary N) is 1. The van der Waals surface area contributed by atoms with Gasteiger partial charge in [0.25, 0.3) is 0 Å². The maximum atomic E-state index is 9.79. The van der Waals surface area contributed by atoms with Crippen LogP contribution in [0.25, 0.3) is 0 Å². The summed E-state index contributed by atoms with van der Waals surface area (Å²) < 4.78 is 0. The van der Waals surface area contributed by atoms with Gasteiger partial charge < -0.3 is 15.3 Å². The van der Waals surface area contributed by atoms with Crippen molar-refractivity contribution in [2.75, 3.05) is 18.0 Å². The van der Waals surface area contributed by atoms with Gasteiger partial charge in [-0.15, -0.1) is 0 Å². The Hall–Kier alpha value is -1.06. The minimum atomic E-state index is -0.529. The summed E-state index contributed by atoms with van der Waals surface area (Å²) in [6.45, 7) is 10.5. The SMILES string of the molecule is Cc1ccccc1N1CCC(NC(C)CCCC(C)(C)O)CC1. The van der Waals surface area contributed by atoms with Gasteiger partial charge >= 0.3 is 0 Å². The van der Waals surface area contributed by atoms with Gasteiger partial charge in [-0.05, 0) is 71.4 Å². The Labute approximate surface area is 142 Å². The zero-order valence-corrected chi connectivity index (χ0v) is 15.3. The number of nitrogens with zero attached hydrogens (tertiary/aromatic N) is 1. The molecule has 1 aromatic rings. The number of hydrogen-bond donors (Lipinski definition) is 2. The minimum absolute atomic E-state index is 0.529. The molecule has 1 saturated heterocycles. The number of aryl methyl sites for hydroxylation is 1. The van der Waals surface area contributed by atoms with Gasteiger partial charge in [-0.25, -0.2) is 0 Å². The number of aliphatic hydroxyl groups is 1. The lowest BCUT2D eigenvalue weighted by Gasteiger charge is -2.36. The fraction of sp³-hybridized carbons (Fsp3) is 0.700. The van der Waals surface area contributed by atoms with Crippen LogP contribution in [0.5, 0.6) is 0 Å². The molecule has 1 aromatic carbocycles. The Bertz CT molecular complexity index is 473. The second-order valence-electron chi connectivity index (χ2n) is 7.82. The van der Waals surface area contributed by atoms with Gasteiger partial charge in [0.05, 0.1) is 5.60 Å². The highest BCUT2D eigenvalue weighted by Gasteiger charge is 2.21. The van der Waals surface area contributed by atoms with Crippen LogP contribution in [0, 0.1) is 6.92 Å². The molecule has 2 rings (SSSR count). The molecule has 0 aliphatic carbocycles. The predicted molar refractivity (Wildman–Crippen MR) is 99.2 cm³/mol. The van der Waals surface area contributed by atoms with E-state index in [1.165, 1.54) is 24.1 Å². The summed E-state index contributed by atoms with van der Waals surface area (Å²) in [5.74, 6) is 0. The summed E-state index contributed by atoms with van der Waals surface area (Å²) in [6.07, 6.45) is 5.53. The first-order chi connectivity index (χ1) is 10.8. The molecule has 0 amide bonds. The number of rotatable bonds is 7. The molecule has 1 aliphatic rings. The van der Waals surface area contributed by atoms with Gasteiger partial charge in [-0.2, -0.15) is 0 Å². The van der Waals surface area contributed by atoms with E-state index in [0.29, 0.717) is 12.1 Å². The first-order valence-corrected chi connectivity index (χ1v) is 9.14. The molecule has 1 atom stereocenters. The van der Waals surface area contributed by atoms with Crippen molar-refractivity contribution in [1.82, 2.24) is 5.32 Å². The number of para-hydroxylation sites is 1. The maximum Gasteiger partial charge on any atom is 0.0591 e. The van der Waals surface area contributed by atoms with Crippen LogP contribution in [-0.2, 0) is 0 Å². The largest absolute Gasteiger partial charge is 0.390 e. The summed E-state index contributed by atoms with van der Waals surface area (Å²) in [6, 6.07) is 9.85. The zero-order chi connectivity index (χ0) is 16.9.